The SMILES string of the molecule is CCOc1ccc(-n2nnnc2SCC(=O)Nc2c(C)cccc2C(=O)[O-])cc1. The first kappa shape index (κ1) is 20.3. The van der Waals surface area contributed by atoms with Gasteiger partial charge in [0.15, 0.2) is 0 Å². The molecular formula is C19H18N5O4S-. The summed E-state index contributed by atoms with van der Waals surface area (Å²) >= 11 is 1.13. The molecule has 1 aromatic heterocycles. The fourth-order valence-corrected chi connectivity index (χ4v) is 3.28. The van der Waals surface area contributed by atoms with E-state index in [1.807, 2.05) is 19.1 Å². The normalized spacial score (nSPS) is 10.6. The van der Waals surface area contributed by atoms with Gasteiger partial charge in [-0.25, -0.2) is 0 Å². The Labute approximate surface area is 171 Å². The molecule has 0 aliphatic carbocycles. The van der Waals surface area contributed by atoms with Gasteiger partial charge in [-0.2, -0.15) is 4.68 Å². The van der Waals surface area contributed by atoms with Gasteiger partial charge < -0.3 is 20.0 Å². The number of rotatable bonds is 8. The smallest absolute Gasteiger partial charge is 0.234 e. The summed E-state index contributed by atoms with van der Waals surface area (Å²) in [6.45, 7) is 4.19. The third kappa shape index (κ3) is 4.91. The van der Waals surface area contributed by atoms with Crippen molar-refractivity contribution < 1.29 is 19.4 Å². The van der Waals surface area contributed by atoms with E-state index >= 15 is 0 Å². The molecule has 0 aliphatic heterocycles. The standard InChI is InChI=1S/C19H19N5O4S/c1-3-28-14-9-7-13(8-10-14)24-19(21-22-23-24)29-11-16(25)20-17-12(2)5-4-6-15(17)18(26)27/h4-10H,3,11H2,1-2H3,(H,20,25)(H,26,27)/p-1. The fourth-order valence-electron chi connectivity index (χ4n) is 2.59. The van der Waals surface area contributed by atoms with Gasteiger partial charge in [0.25, 0.3) is 0 Å². The molecule has 9 nitrogen and oxygen atoms in total. The second-order valence-corrected chi connectivity index (χ2v) is 6.86. The highest BCUT2D eigenvalue weighted by molar-refractivity contribution is 7.99. The summed E-state index contributed by atoms with van der Waals surface area (Å²) in [6.07, 6.45) is 0. The van der Waals surface area contributed by atoms with Crippen LogP contribution in [-0.2, 0) is 4.79 Å². The Bertz CT molecular complexity index is 1020. The lowest BCUT2D eigenvalue weighted by Crippen LogP contribution is -2.25. The zero-order valence-corrected chi connectivity index (χ0v) is 16.6. The third-order valence-electron chi connectivity index (χ3n) is 3.92. The Balaban J connectivity index is 1.68. The number of carbonyl (C=O) groups is 2. The fraction of sp³-hybridized carbons (Fsp3) is 0.211. The monoisotopic (exact) mass is 412 g/mol. The predicted molar refractivity (Wildman–Crippen MR) is 105 cm³/mol. The topological polar surface area (TPSA) is 122 Å². The summed E-state index contributed by atoms with van der Waals surface area (Å²) in [5.41, 5.74) is 1.51. The molecule has 1 amide bonds. The molecule has 0 saturated heterocycles. The number of carboxylic acid groups (broad SMARTS) is 1. The van der Waals surface area contributed by atoms with Crippen molar-refractivity contribution in [2.45, 2.75) is 19.0 Å². The van der Waals surface area contributed by atoms with Crippen molar-refractivity contribution in [1.82, 2.24) is 20.2 Å². The van der Waals surface area contributed by atoms with Gasteiger partial charge in [0, 0.05) is 5.56 Å². The van der Waals surface area contributed by atoms with E-state index in [0.29, 0.717) is 17.3 Å². The molecule has 29 heavy (non-hydrogen) atoms. The molecule has 0 fully saturated rings. The molecule has 1 N–H and O–H groups in total. The molecule has 0 spiro atoms. The molecule has 0 bridgehead atoms. The first-order valence-electron chi connectivity index (χ1n) is 8.74. The van der Waals surface area contributed by atoms with Crippen LogP contribution in [0, 0.1) is 6.92 Å². The summed E-state index contributed by atoms with van der Waals surface area (Å²) < 4.78 is 6.92. The molecule has 0 radical (unpaired) electrons. The maximum atomic E-state index is 12.4. The van der Waals surface area contributed by atoms with E-state index in [4.69, 9.17) is 4.74 Å². The number of carbonyl (C=O) groups excluding carboxylic acids is 2. The maximum absolute atomic E-state index is 12.4. The molecule has 150 valence electrons. The average Bonchev–Trinajstić information content (AvgIpc) is 3.17. The van der Waals surface area contributed by atoms with Crippen LogP contribution in [0.2, 0.25) is 0 Å². The summed E-state index contributed by atoms with van der Waals surface area (Å²) in [5.74, 6) is -0.998. The molecular weight excluding hydrogens is 394 g/mol. The van der Waals surface area contributed by atoms with E-state index in [0.717, 1.165) is 23.2 Å². The number of aryl methyl sites for hydroxylation is 1. The highest BCUT2D eigenvalue weighted by atomic mass is 32.2. The van der Waals surface area contributed by atoms with E-state index in [1.165, 1.54) is 10.7 Å². The minimum atomic E-state index is -1.35. The van der Waals surface area contributed by atoms with Crippen LogP contribution in [0.1, 0.15) is 22.8 Å². The van der Waals surface area contributed by atoms with Crippen LogP contribution in [-0.4, -0.2) is 44.4 Å². The highest BCUT2D eigenvalue weighted by Gasteiger charge is 2.14. The molecule has 0 atom stereocenters. The van der Waals surface area contributed by atoms with Gasteiger partial charge in [-0.05, 0) is 54.1 Å². The van der Waals surface area contributed by atoms with Crippen LogP contribution >= 0.6 is 11.8 Å². The van der Waals surface area contributed by atoms with E-state index in [9.17, 15) is 14.7 Å². The lowest BCUT2D eigenvalue weighted by Gasteiger charge is -2.14. The summed E-state index contributed by atoms with van der Waals surface area (Å²) in [4.78, 5) is 23.6. The lowest BCUT2D eigenvalue weighted by molar-refractivity contribution is -0.254. The van der Waals surface area contributed by atoms with Crippen LogP contribution in [0.5, 0.6) is 5.75 Å². The molecule has 0 aliphatic rings. The number of thioether (sulfide) groups is 1. The number of hydrogen-bond donors (Lipinski definition) is 1. The Hall–Kier alpha value is -3.40. The number of carboxylic acids is 1. The van der Waals surface area contributed by atoms with E-state index < -0.39 is 5.97 Å². The highest BCUT2D eigenvalue weighted by Crippen LogP contribution is 2.23. The zero-order chi connectivity index (χ0) is 20.8. The van der Waals surface area contributed by atoms with Crippen LogP contribution in [0.4, 0.5) is 5.69 Å². The number of nitrogens with zero attached hydrogens (tertiary/aromatic N) is 4. The van der Waals surface area contributed by atoms with Gasteiger partial charge in [0.1, 0.15) is 5.75 Å². The van der Waals surface area contributed by atoms with Crippen LogP contribution in [0.25, 0.3) is 5.69 Å². The van der Waals surface area contributed by atoms with Crippen LogP contribution in [0.15, 0.2) is 47.6 Å². The lowest BCUT2D eigenvalue weighted by atomic mass is 10.1. The number of tetrazole rings is 1. The third-order valence-corrected chi connectivity index (χ3v) is 4.84. The molecule has 2 aromatic carbocycles. The van der Waals surface area contributed by atoms with Crippen molar-refractivity contribution in [3.05, 3.63) is 53.6 Å². The van der Waals surface area contributed by atoms with E-state index in [-0.39, 0.29) is 22.9 Å². The Morgan fingerprint density at radius 2 is 1.97 bits per heavy atom. The molecule has 3 aromatic rings. The maximum Gasteiger partial charge on any atom is 0.234 e. The van der Waals surface area contributed by atoms with Crippen LogP contribution in [0.3, 0.4) is 0 Å². The molecule has 1 heterocycles. The quantitative estimate of drug-likeness (QED) is 0.552. The van der Waals surface area contributed by atoms with E-state index in [2.05, 4.69) is 20.8 Å². The average molecular weight is 412 g/mol. The van der Waals surface area contributed by atoms with Crippen molar-refractivity contribution in [2.24, 2.45) is 0 Å². The number of aromatic nitrogens is 4. The second kappa shape index (κ2) is 9.20. The number of benzene rings is 2. The predicted octanol–water partition coefficient (Wildman–Crippen LogP) is 1.46. The number of nitrogens with one attached hydrogen (secondary N) is 1. The van der Waals surface area contributed by atoms with Gasteiger partial charge in [-0.1, -0.05) is 30.0 Å². The number of amides is 1. The van der Waals surface area contributed by atoms with Gasteiger partial charge in [-0.3, -0.25) is 4.79 Å². The van der Waals surface area contributed by atoms with Gasteiger partial charge >= 0.3 is 0 Å². The minimum absolute atomic E-state index is 0.00176. The van der Waals surface area contributed by atoms with Gasteiger partial charge in [-0.15, -0.1) is 5.10 Å². The van der Waals surface area contributed by atoms with Gasteiger partial charge in [0.2, 0.25) is 11.1 Å². The minimum Gasteiger partial charge on any atom is -0.545 e. The number of aromatic carboxylic acids is 1. The Morgan fingerprint density at radius 3 is 2.66 bits per heavy atom. The van der Waals surface area contributed by atoms with Crippen LogP contribution < -0.4 is 15.2 Å². The van der Waals surface area contributed by atoms with Crippen molar-refractivity contribution in [3.63, 3.8) is 0 Å². The molecule has 0 saturated carbocycles. The number of ether oxygens (including phenoxy) is 1. The molecule has 10 heteroatoms. The van der Waals surface area contributed by atoms with Crippen molar-refractivity contribution in [3.8, 4) is 11.4 Å². The number of para-hydroxylation sites is 1. The van der Waals surface area contributed by atoms with Crippen molar-refractivity contribution in [1.29, 1.82) is 0 Å². The van der Waals surface area contributed by atoms with Gasteiger partial charge in [0.05, 0.1) is 29.7 Å². The largest absolute Gasteiger partial charge is 0.545 e. The first-order chi connectivity index (χ1) is 14.0. The number of hydrogen-bond acceptors (Lipinski definition) is 8. The zero-order valence-electron chi connectivity index (χ0n) is 15.8. The summed E-state index contributed by atoms with van der Waals surface area (Å²) in [5, 5.41) is 25.9. The molecule has 3 rings (SSSR count). The molecule has 0 unspecified atom stereocenters. The Kier molecular flexibility index (Phi) is 6.45. The van der Waals surface area contributed by atoms with Crippen molar-refractivity contribution in [2.75, 3.05) is 17.7 Å². The first-order valence-corrected chi connectivity index (χ1v) is 9.73. The van der Waals surface area contributed by atoms with E-state index in [1.54, 1.807) is 31.2 Å². The summed E-state index contributed by atoms with van der Waals surface area (Å²) in [7, 11) is 0. The summed E-state index contributed by atoms with van der Waals surface area (Å²) in [6, 6.07) is 11.9. The Morgan fingerprint density at radius 1 is 1.21 bits per heavy atom. The number of anilines is 1. The second-order valence-electron chi connectivity index (χ2n) is 5.92. The van der Waals surface area contributed by atoms with Crippen molar-refractivity contribution >= 4 is 29.3 Å².